The van der Waals surface area contributed by atoms with Crippen molar-refractivity contribution in [2.75, 3.05) is 6.61 Å². The average molecular weight is 359 g/mol. The van der Waals surface area contributed by atoms with Gasteiger partial charge < -0.3 is 9.84 Å². The van der Waals surface area contributed by atoms with Gasteiger partial charge in [-0.05, 0) is 12.1 Å². The summed E-state index contributed by atoms with van der Waals surface area (Å²) in [7, 11) is 0. The highest BCUT2D eigenvalue weighted by molar-refractivity contribution is 5.20. The summed E-state index contributed by atoms with van der Waals surface area (Å²) < 4.78 is 7.99. The van der Waals surface area contributed by atoms with E-state index < -0.39 is 23.2 Å². The molecule has 0 saturated heterocycles. The summed E-state index contributed by atoms with van der Waals surface area (Å²) in [5, 5.41) is 10.2. The second kappa shape index (κ2) is 8.82. The summed E-state index contributed by atoms with van der Waals surface area (Å²) in [6, 6.07) is 8.84. The number of allylic oxidation sites excluding steroid dienone is 2. The zero-order valence-corrected chi connectivity index (χ0v) is 14.3. The monoisotopic (exact) mass is 359 g/mol. The Labute approximate surface area is 149 Å². The molecule has 1 aromatic carbocycles. The van der Waals surface area contributed by atoms with Gasteiger partial charge in [0.05, 0.1) is 19.6 Å². The first-order valence-corrected chi connectivity index (χ1v) is 8.01. The van der Waals surface area contributed by atoms with Crippen molar-refractivity contribution in [3.63, 3.8) is 0 Å². The summed E-state index contributed by atoms with van der Waals surface area (Å²) in [4.78, 5) is 37.2. The van der Waals surface area contributed by atoms with Crippen LogP contribution in [0.2, 0.25) is 0 Å². The van der Waals surface area contributed by atoms with Crippen LogP contribution in [0.1, 0.15) is 0 Å². The molecule has 8 heteroatoms. The van der Waals surface area contributed by atoms with Crippen molar-refractivity contribution in [3.8, 4) is 5.75 Å². The lowest BCUT2D eigenvalue weighted by atomic mass is 10.3. The lowest BCUT2D eigenvalue weighted by molar-refractivity contribution is 0.0888. The SMILES string of the molecule is C=CCn1c(=O)n(CC=C)c(=O)n(CC(O)COc2ccccc2)c1=O. The number of aliphatic hydroxyl groups excluding tert-OH is 1. The molecule has 1 heterocycles. The Bertz CT molecular complexity index is 892. The lowest BCUT2D eigenvalue weighted by Gasteiger charge is -2.16. The molecule has 0 aliphatic heterocycles. The van der Waals surface area contributed by atoms with Crippen LogP contribution in [0.5, 0.6) is 5.75 Å². The fourth-order valence-corrected chi connectivity index (χ4v) is 2.38. The molecule has 2 rings (SSSR count). The Kier molecular flexibility index (Phi) is 6.51. The van der Waals surface area contributed by atoms with Crippen molar-refractivity contribution in [1.82, 2.24) is 13.7 Å². The van der Waals surface area contributed by atoms with Crippen LogP contribution in [-0.4, -0.2) is 31.5 Å². The Balaban J connectivity index is 2.31. The van der Waals surface area contributed by atoms with Gasteiger partial charge in [0.15, 0.2) is 0 Å². The van der Waals surface area contributed by atoms with Crippen LogP contribution < -0.4 is 21.8 Å². The third-order valence-corrected chi connectivity index (χ3v) is 3.59. The smallest absolute Gasteiger partial charge is 0.336 e. The minimum Gasteiger partial charge on any atom is -0.491 e. The van der Waals surface area contributed by atoms with Crippen molar-refractivity contribution in [2.45, 2.75) is 25.7 Å². The van der Waals surface area contributed by atoms with Crippen LogP contribution in [0.15, 0.2) is 70.0 Å². The minimum absolute atomic E-state index is 0.0499. The van der Waals surface area contributed by atoms with Crippen LogP contribution in [0.4, 0.5) is 0 Å². The summed E-state index contributed by atoms with van der Waals surface area (Å²) in [5.41, 5.74) is -2.36. The van der Waals surface area contributed by atoms with Gasteiger partial charge in [0, 0.05) is 0 Å². The second-order valence-electron chi connectivity index (χ2n) is 5.53. The van der Waals surface area contributed by atoms with Crippen LogP contribution >= 0.6 is 0 Å². The molecule has 0 bridgehead atoms. The third kappa shape index (κ3) is 4.28. The van der Waals surface area contributed by atoms with Crippen molar-refractivity contribution in [1.29, 1.82) is 0 Å². The number of rotatable bonds is 9. The van der Waals surface area contributed by atoms with E-state index in [9.17, 15) is 19.5 Å². The van der Waals surface area contributed by atoms with Crippen molar-refractivity contribution in [3.05, 3.63) is 87.1 Å². The molecule has 26 heavy (non-hydrogen) atoms. The Morgan fingerprint density at radius 3 is 1.92 bits per heavy atom. The molecule has 1 aromatic heterocycles. The molecule has 0 amide bonds. The van der Waals surface area contributed by atoms with E-state index in [1.54, 1.807) is 24.3 Å². The number of benzene rings is 1. The standard InChI is InChI=1S/C18H21N3O5/c1-3-10-19-16(23)20(11-4-2)18(25)21(17(19)24)12-14(22)13-26-15-8-6-5-7-9-15/h3-9,14,22H,1-2,10-13H2. The molecular formula is C18H21N3O5. The van der Waals surface area contributed by atoms with Gasteiger partial charge in [-0.15, -0.1) is 13.2 Å². The highest BCUT2D eigenvalue weighted by Gasteiger charge is 2.17. The van der Waals surface area contributed by atoms with E-state index in [0.29, 0.717) is 5.75 Å². The Hall–Kier alpha value is -3.13. The largest absolute Gasteiger partial charge is 0.491 e. The number of aliphatic hydroxyl groups is 1. The molecule has 0 radical (unpaired) electrons. The quantitative estimate of drug-likeness (QED) is 0.635. The molecule has 0 aliphatic carbocycles. The third-order valence-electron chi connectivity index (χ3n) is 3.59. The number of aromatic nitrogens is 3. The van der Waals surface area contributed by atoms with E-state index in [2.05, 4.69) is 13.2 Å². The number of hydrogen-bond donors (Lipinski definition) is 1. The summed E-state index contributed by atoms with van der Waals surface area (Å²) in [6.07, 6.45) is 1.64. The van der Waals surface area contributed by atoms with Gasteiger partial charge in [-0.1, -0.05) is 30.4 Å². The van der Waals surface area contributed by atoms with Gasteiger partial charge in [0.2, 0.25) is 0 Å². The molecule has 138 valence electrons. The second-order valence-corrected chi connectivity index (χ2v) is 5.53. The van der Waals surface area contributed by atoms with Gasteiger partial charge in [-0.3, -0.25) is 0 Å². The van der Waals surface area contributed by atoms with E-state index >= 15 is 0 Å². The normalized spacial score (nSPS) is 11.7. The van der Waals surface area contributed by atoms with Crippen molar-refractivity contribution in [2.24, 2.45) is 0 Å². The first-order chi connectivity index (χ1) is 12.5. The summed E-state index contributed by atoms with van der Waals surface area (Å²) in [6.45, 7) is 6.49. The Morgan fingerprint density at radius 1 is 0.923 bits per heavy atom. The molecule has 0 fully saturated rings. The topological polar surface area (TPSA) is 95.5 Å². The molecule has 0 aliphatic rings. The Morgan fingerprint density at radius 2 is 1.42 bits per heavy atom. The van der Waals surface area contributed by atoms with E-state index in [0.717, 1.165) is 13.7 Å². The number of nitrogens with zero attached hydrogens (tertiary/aromatic N) is 3. The average Bonchev–Trinajstić information content (AvgIpc) is 2.65. The van der Waals surface area contributed by atoms with E-state index in [1.807, 2.05) is 6.07 Å². The fourth-order valence-electron chi connectivity index (χ4n) is 2.38. The molecule has 0 spiro atoms. The molecule has 2 aromatic rings. The van der Waals surface area contributed by atoms with Crippen molar-refractivity contribution >= 4 is 0 Å². The van der Waals surface area contributed by atoms with Crippen LogP contribution in [0.3, 0.4) is 0 Å². The lowest BCUT2D eigenvalue weighted by Crippen LogP contribution is -2.55. The molecule has 1 atom stereocenters. The maximum absolute atomic E-state index is 12.5. The van der Waals surface area contributed by atoms with Gasteiger partial charge in [0.1, 0.15) is 18.5 Å². The van der Waals surface area contributed by atoms with Gasteiger partial charge >= 0.3 is 17.1 Å². The van der Waals surface area contributed by atoms with E-state index in [1.165, 1.54) is 12.2 Å². The highest BCUT2D eigenvalue weighted by atomic mass is 16.5. The summed E-state index contributed by atoms with van der Waals surface area (Å²) >= 11 is 0. The predicted molar refractivity (Wildman–Crippen MR) is 97.6 cm³/mol. The highest BCUT2D eigenvalue weighted by Crippen LogP contribution is 2.08. The van der Waals surface area contributed by atoms with Crippen LogP contribution in [0.25, 0.3) is 0 Å². The zero-order chi connectivity index (χ0) is 19.1. The first-order valence-electron chi connectivity index (χ1n) is 8.01. The fraction of sp³-hybridized carbons (Fsp3) is 0.278. The molecule has 1 unspecified atom stereocenters. The first kappa shape index (κ1) is 19.2. The maximum Gasteiger partial charge on any atom is 0.336 e. The van der Waals surface area contributed by atoms with Gasteiger partial charge in [-0.2, -0.15) is 0 Å². The van der Waals surface area contributed by atoms with Crippen molar-refractivity contribution < 1.29 is 9.84 Å². The maximum atomic E-state index is 12.5. The van der Waals surface area contributed by atoms with E-state index in [-0.39, 0.29) is 26.2 Å². The minimum atomic E-state index is -1.12. The predicted octanol–water partition coefficient (Wildman–Crippen LogP) is -0.0164. The van der Waals surface area contributed by atoms with Crippen LogP contribution in [-0.2, 0) is 19.6 Å². The molecule has 1 N–H and O–H groups in total. The molecule has 0 saturated carbocycles. The summed E-state index contributed by atoms with van der Waals surface area (Å²) in [5.74, 6) is 0.555. The zero-order valence-electron chi connectivity index (χ0n) is 14.3. The number of para-hydroxylation sites is 1. The van der Waals surface area contributed by atoms with E-state index in [4.69, 9.17) is 4.74 Å². The van der Waals surface area contributed by atoms with Gasteiger partial charge in [-0.25, -0.2) is 28.1 Å². The van der Waals surface area contributed by atoms with Gasteiger partial charge in [0.25, 0.3) is 0 Å². The number of ether oxygens (including phenoxy) is 1. The number of hydrogen-bond acceptors (Lipinski definition) is 5. The molecule has 8 nitrogen and oxygen atoms in total. The molecular weight excluding hydrogens is 338 g/mol. The van der Waals surface area contributed by atoms with Crippen LogP contribution in [0, 0.1) is 0 Å².